The van der Waals surface area contributed by atoms with Gasteiger partial charge in [-0.1, -0.05) is 30.3 Å². The number of nitrogens with zero attached hydrogens (tertiary/aromatic N) is 4. The Morgan fingerprint density at radius 1 is 1.06 bits per heavy atom. The molecule has 5 rings (SSSR count). The smallest absolute Gasteiger partial charge is 0.282 e. The zero-order valence-corrected chi connectivity index (χ0v) is 18.3. The first kappa shape index (κ1) is 21.4. The molecule has 0 fully saturated rings. The molecule has 3 heterocycles. The number of halogens is 1. The SMILES string of the molecule is Cn1cc(-c2cn(-c3ccc(OCF)cc3)c(=O)c3c2OCC(=O)N3Cc2ccccc2)cn1. The Hall–Kier alpha value is -4.40. The molecule has 9 heteroatoms. The first-order valence-corrected chi connectivity index (χ1v) is 10.6. The molecular formula is C25H21FN4O4. The summed E-state index contributed by atoms with van der Waals surface area (Å²) in [6.07, 6.45) is 5.15. The molecule has 1 amide bonds. The second-order valence-electron chi connectivity index (χ2n) is 7.80. The van der Waals surface area contributed by atoms with E-state index in [1.165, 1.54) is 9.47 Å². The average Bonchev–Trinajstić information content (AvgIpc) is 3.28. The van der Waals surface area contributed by atoms with Crippen molar-refractivity contribution in [2.75, 3.05) is 18.4 Å². The summed E-state index contributed by atoms with van der Waals surface area (Å²) in [5.41, 5.74) is 2.52. The fraction of sp³-hybridized carbons (Fsp3) is 0.160. The quantitative estimate of drug-likeness (QED) is 0.440. The molecular weight excluding hydrogens is 439 g/mol. The Labute approximate surface area is 194 Å². The molecule has 0 aliphatic carbocycles. The number of aromatic nitrogens is 3. The summed E-state index contributed by atoms with van der Waals surface area (Å²) in [5.74, 6) is 0.367. The molecule has 0 saturated carbocycles. The van der Waals surface area contributed by atoms with Crippen molar-refractivity contribution in [3.63, 3.8) is 0 Å². The molecule has 1 aliphatic heterocycles. The Kier molecular flexibility index (Phi) is 5.59. The number of carbonyl (C=O) groups is 1. The predicted molar refractivity (Wildman–Crippen MR) is 124 cm³/mol. The number of pyridine rings is 1. The van der Waals surface area contributed by atoms with Crippen LogP contribution in [0.5, 0.6) is 11.5 Å². The van der Waals surface area contributed by atoms with Crippen LogP contribution in [0.4, 0.5) is 10.1 Å². The van der Waals surface area contributed by atoms with E-state index in [1.54, 1.807) is 48.4 Å². The summed E-state index contributed by atoms with van der Waals surface area (Å²) in [4.78, 5) is 28.1. The summed E-state index contributed by atoms with van der Waals surface area (Å²) < 4.78 is 26.3. The van der Waals surface area contributed by atoms with E-state index in [0.717, 1.165) is 11.1 Å². The highest BCUT2D eigenvalue weighted by Gasteiger charge is 2.32. The van der Waals surface area contributed by atoms with Crippen molar-refractivity contribution in [1.82, 2.24) is 14.3 Å². The molecule has 8 nitrogen and oxygen atoms in total. The monoisotopic (exact) mass is 460 g/mol. The number of carbonyl (C=O) groups excluding carboxylic acids is 1. The Balaban J connectivity index is 1.71. The topological polar surface area (TPSA) is 78.6 Å². The van der Waals surface area contributed by atoms with Gasteiger partial charge < -0.3 is 9.47 Å². The summed E-state index contributed by atoms with van der Waals surface area (Å²) in [7, 11) is 1.79. The van der Waals surface area contributed by atoms with Crippen LogP contribution in [-0.2, 0) is 18.4 Å². The van der Waals surface area contributed by atoms with E-state index < -0.39 is 12.4 Å². The van der Waals surface area contributed by atoms with Crippen LogP contribution in [-0.4, -0.2) is 33.7 Å². The van der Waals surface area contributed by atoms with Crippen LogP contribution >= 0.6 is 0 Å². The number of hydrogen-bond acceptors (Lipinski definition) is 5. The largest absolute Gasteiger partial charge is 0.481 e. The van der Waals surface area contributed by atoms with Gasteiger partial charge in [0.05, 0.1) is 12.7 Å². The number of ether oxygens (including phenoxy) is 2. The Morgan fingerprint density at radius 3 is 2.50 bits per heavy atom. The number of rotatable bonds is 6. The average molecular weight is 460 g/mol. The number of benzene rings is 2. The van der Waals surface area contributed by atoms with Crippen LogP contribution in [0.2, 0.25) is 0 Å². The van der Waals surface area contributed by atoms with E-state index in [1.807, 2.05) is 36.5 Å². The first-order chi connectivity index (χ1) is 16.5. The third kappa shape index (κ3) is 3.92. The highest BCUT2D eigenvalue weighted by Crippen LogP contribution is 2.39. The van der Waals surface area contributed by atoms with Crippen molar-refractivity contribution in [3.05, 3.63) is 89.1 Å². The molecule has 0 unspecified atom stereocenters. The van der Waals surface area contributed by atoms with Gasteiger partial charge in [-0.3, -0.25) is 23.7 Å². The van der Waals surface area contributed by atoms with Gasteiger partial charge in [-0.15, -0.1) is 0 Å². The lowest BCUT2D eigenvalue weighted by molar-refractivity contribution is -0.121. The number of alkyl halides is 1. The maximum Gasteiger partial charge on any atom is 0.282 e. The molecule has 2 aromatic heterocycles. The molecule has 0 radical (unpaired) electrons. The lowest BCUT2D eigenvalue weighted by Gasteiger charge is -2.30. The van der Waals surface area contributed by atoms with Gasteiger partial charge in [0.15, 0.2) is 18.0 Å². The number of anilines is 1. The van der Waals surface area contributed by atoms with Gasteiger partial charge in [-0.2, -0.15) is 5.10 Å². The van der Waals surface area contributed by atoms with Crippen molar-refractivity contribution in [1.29, 1.82) is 0 Å². The fourth-order valence-corrected chi connectivity index (χ4v) is 3.96. The molecule has 0 atom stereocenters. The van der Waals surface area contributed by atoms with E-state index in [0.29, 0.717) is 22.7 Å². The Morgan fingerprint density at radius 2 is 1.82 bits per heavy atom. The van der Waals surface area contributed by atoms with Gasteiger partial charge in [-0.25, -0.2) is 4.39 Å². The minimum absolute atomic E-state index is 0.158. The third-order valence-corrected chi connectivity index (χ3v) is 5.59. The van der Waals surface area contributed by atoms with Crippen LogP contribution in [0.25, 0.3) is 16.8 Å². The van der Waals surface area contributed by atoms with E-state index in [2.05, 4.69) is 5.10 Å². The standard InChI is InChI=1S/C25H21FN4O4/c1-28-13-18(11-27-28)21-14-29(19-7-9-20(10-8-19)34-16-26)25(32)23-24(21)33-15-22(31)30(23)12-17-5-3-2-4-6-17/h2-11,13-14H,12,15-16H2,1H3. The lowest BCUT2D eigenvalue weighted by atomic mass is 10.1. The van der Waals surface area contributed by atoms with Crippen molar-refractivity contribution in [2.45, 2.75) is 6.54 Å². The van der Waals surface area contributed by atoms with Gasteiger partial charge in [0.2, 0.25) is 6.86 Å². The van der Waals surface area contributed by atoms with Gasteiger partial charge in [0, 0.05) is 36.3 Å². The number of amides is 1. The molecule has 0 N–H and O–H groups in total. The van der Waals surface area contributed by atoms with Crippen molar-refractivity contribution in [3.8, 4) is 28.3 Å². The molecule has 0 saturated heterocycles. The van der Waals surface area contributed by atoms with Crippen molar-refractivity contribution >= 4 is 11.6 Å². The van der Waals surface area contributed by atoms with E-state index in [4.69, 9.17) is 9.47 Å². The second kappa shape index (κ2) is 8.86. The van der Waals surface area contributed by atoms with Crippen LogP contribution in [0.1, 0.15) is 5.56 Å². The zero-order chi connectivity index (χ0) is 23.7. The summed E-state index contributed by atoms with van der Waals surface area (Å²) in [5, 5.41) is 4.24. The minimum Gasteiger partial charge on any atom is -0.481 e. The normalized spacial score (nSPS) is 12.9. The van der Waals surface area contributed by atoms with Crippen molar-refractivity contribution in [2.24, 2.45) is 7.05 Å². The second-order valence-corrected chi connectivity index (χ2v) is 7.80. The zero-order valence-electron chi connectivity index (χ0n) is 18.3. The van der Waals surface area contributed by atoms with Gasteiger partial charge in [0.25, 0.3) is 11.5 Å². The van der Waals surface area contributed by atoms with Crippen LogP contribution in [0.3, 0.4) is 0 Å². The third-order valence-electron chi connectivity index (χ3n) is 5.59. The van der Waals surface area contributed by atoms with Gasteiger partial charge >= 0.3 is 0 Å². The van der Waals surface area contributed by atoms with Crippen molar-refractivity contribution < 1.29 is 18.7 Å². The van der Waals surface area contributed by atoms with Crippen LogP contribution in [0, 0.1) is 0 Å². The summed E-state index contributed by atoms with van der Waals surface area (Å²) >= 11 is 0. The summed E-state index contributed by atoms with van der Waals surface area (Å²) in [6.45, 7) is -0.895. The number of fused-ring (bicyclic) bond motifs is 1. The highest BCUT2D eigenvalue weighted by atomic mass is 19.1. The molecule has 0 bridgehead atoms. The van der Waals surface area contributed by atoms with E-state index >= 15 is 0 Å². The highest BCUT2D eigenvalue weighted by molar-refractivity contribution is 5.99. The van der Waals surface area contributed by atoms with E-state index in [9.17, 15) is 14.0 Å². The number of aryl methyl sites for hydroxylation is 1. The maximum absolute atomic E-state index is 13.7. The fourth-order valence-electron chi connectivity index (χ4n) is 3.96. The van der Waals surface area contributed by atoms with Gasteiger partial charge in [0.1, 0.15) is 5.75 Å². The van der Waals surface area contributed by atoms with Crippen LogP contribution in [0.15, 0.2) is 78.0 Å². The maximum atomic E-state index is 13.7. The Bertz CT molecular complexity index is 1400. The molecule has 0 spiro atoms. The molecule has 1 aliphatic rings. The predicted octanol–water partition coefficient (Wildman–Crippen LogP) is 3.47. The minimum atomic E-state index is -0.947. The lowest BCUT2D eigenvalue weighted by Crippen LogP contribution is -2.43. The molecule has 34 heavy (non-hydrogen) atoms. The summed E-state index contributed by atoms with van der Waals surface area (Å²) in [6, 6.07) is 15.9. The van der Waals surface area contributed by atoms with Gasteiger partial charge in [-0.05, 0) is 29.8 Å². The molecule has 172 valence electrons. The van der Waals surface area contributed by atoms with Crippen LogP contribution < -0.4 is 19.9 Å². The molecule has 4 aromatic rings. The molecule has 2 aromatic carbocycles. The van der Waals surface area contributed by atoms with E-state index in [-0.39, 0.29) is 24.7 Å². The first-order valence-electron chi connectivity index (χ1n) is 10.6. The number of hydrogen-bond donors (Lipinski definition) is 0.